The minimum atomic E-state index is -1.08. The summed E-state index contributed by atoms with van der Waals surface area (Å²) >= 11 is 0. The van der Waals surface area contributed by atoms with Crippen LogP contribution < -0.4 is 30.6 Å². The third-order valence-corrected chi connectivity index (χ3v) is 0. The maximum Gasteiger partial charge on any atom is 2.00 e. The molecule has 0 aromatic rings. The number of carboxylic acid groups (broad SMARTS) is 6. The third kappa shape index (κ3) is 44800. The first-order valence-electron chi connectivity index (χ1n) is 5.45. The normalized spacial score (nSPS) is 5.56. The zero-order chi connectivity index (χ0) is 21.5. The van der Waals surface area contributed by atoms with Crippen molar-refractivity contribution in [3.8, 4) is 0 Å². The molecule has 0 aromatic heterocycles. The van der Waals surface area contributed by atoms with Crippen LogP contribution in [0, 0.1) is 0 Å². The molecule has 0 saturated heterocycles. The van der Waals surface area contributed by atoms with Crippen molar-refractivity contribution in [2.24, 2.45) is 0 Å². The molecule has 0 fully saturated rings. The molecule has 0 aromatic carbocycles. The quantitative estimate of drug-likeness (QED) is 0.297. The second-order valence-corrected chi connectivity index (χ2v) is 2.95. The molecule has 0 aliphatic carbocycles. The van der Waals surface area contributed by atoms with Crippen LogP contribution in [0.25, 0.3) is 0 Å². The van der Waals surface area contributed by atoms with E-state index in [0.29, 0.717) is 0 Å². The van der Waals surface area contributed by atoms with Gasteiger partial charge in [0.2, 0.25) is 0 Å². The number of carboxylic acids is 6. The molecule has 0 aliphatic rings. The molecule has 0 N–H and O–H groups in total. The number of carbonyl (C=O) groups excluding carboxylic acids is 6. The second-order valence-electron chi connectivity index (χ2n) is 2.95. The predicted molar refractivity (Wildman–Crippen MR) is 81.3 cm³/mol. The maximum absolute atomic E-state index is 8.89. The number of rotatable bonds is 0. The molecule has 15 heteroatoms. The summed E-state index contributed by atoms with van der Waals surface area (Å²) in [6, 6.07) is 0. The fourth-order valence-electron chi connectivity index (χ4n) is 0. The van der Waals surface area contributed by atoms with E-state index in [4.69, 9.17) is 59.4 Å². The zero-order valence-electron chi connectivity index (χ0n) is 16.0. The van der Waals surface area contributed by atoms with Gasteiger partial charge in [-0.15, -0.1) is 0 Å². The second kappa shape index (κ2) is 50.4. The van der Waals surface area contributed by atoms with E-state index in [-0.39, 0.29) is 113 Å². The molecular weight excluding hydrogens is 456 g/mol. The van der Waals surface area contributed by atoms with Gasteiger partial charge >= 0.3 is 113 Å². The summed E-state index contributed by atoms with van der Waals surface area (Å²) in [5.41, 5.74) is 0. The Bertz CT molecular complexity index is 269. The van der Waals surface area contributed by atoms with E-state index < -0.39 is 35.8 Å². The molecule has 0 atom stereocenters. The van der Waals surface area contributed by atoms with E-state index >= 15 is 0 Å². The number of hydrogen-bond donors (Lipinski definition) is 0. The van der Waals surface area contributed by atoms with Crippen molar-refractivity contribution in [2.75, 3.05) is 0 Å². The summed E-state index contributed by atoms with van der Waals surface area (Å²) < 4.78 is 0. The van der Waals surface area contributed by atoms with Gasteiger partial charge in [0.1, 0.15) is 0 Å². The van der Waals surface area contributed by atoms with Crippen LogP contribution >= 0.6 is 0 Å². The summed E-state index contributed by atoms with van der Waals surface area (Å²) in [6.45, 7) is 5.83. The van der Waals surface area contributed by atoms with E-state index in [2.05, 4.69) is 0 Å². The average molecular weight is 474 g/mol. The predicted octanol–water partition coefficient (Wildman–Crippen LogP) is -8.61. The summed E-state index contributed by atoms with van der Waals surface area (Å²) in [7, 11) is 0. The van der Waals surface area contributed by atoms with Gasteiger partial charge in [0.25, 0.3) is 0 Å². The van der Waals surface area contributed by atoms with Crippen molar-refractivity contribution >= 4 is 149 Å². The molecule has 0 saturated carbocycles. The first-order chi connectivity index (χ1) is 10.4. The van der Waals surface area contributed by atoms with Crippen LogP contribution in [0.2, 0.25) is 0 Å². The Morgan fingerprint density at radius 1 is 0.333 bits per heavy atom. The fourth-order valence-corrected chi connectivity index (χ4v) is 0. The van der Waals surface area contributed by atoms with Crippen LogP contribution in [0.1, 0.15) is 41.5 Å². The van der Waals surface area contributed by atoms with Crippen molar-refractivity contribution < 1.29 is 59.4 Å². The van der Waals surface area contributed by atoms with E-state index in [0.717, 1.165) is 41.5 Å². The van der Waals surface area contributed by atoms with Gasteiger partial charge in [0, 0.05) is 35.8 Å². The SMILES string of the molecule is CC(=O)[O-].CC(=O)[O-].CC(=O)[O-].CC(=O)[O-].CC(=O)[O-].CC(=O)[O-].[Ca+2].[Ca+2].[Ca+2]. The number of carbonyl (C=O) groups is 6. The van der Waals surface area contributed by atoms with Crippen molar-refractivity contribution in [2.45, 2.75) is 41.5 Å². The minimum Gasteiger partial charge on any atom is -0.550 e. The standard InChI is InChI=1S/6C2H4O2.3Ca/c6*1-2(3)4;;;/h6*1H3,(H,3,4);;;/q;;;;;;3*+2/p-6. The first kappa shape index (κ1) is 56.4. The van der Waals surface area contributed by atoms with Crippen molar-refractivity contribution in [1.82, 2.24) is 0 Å². The molecule has 0 spiro atoms. The van der Waals surface area contributed by atoms with Crippen LogP contribution in [0.3, 0.4) is 0 Å². The Balaban J connectivity index is -0.0000000201. The molecule has 12 nitrogen and oxygen atoms in total. The third-order valence-electron chi connectivity index (χ3n) is 0. The van der Waals surface area contributed by atoms with Crippen LogP contribution in [0.5, 0.6) is 0 Å². The van der Waals surface area contributed by atoms with Gasteiger partial charge in [-0.05, 0) is 41.5 Å². The minimum absolute atomic E-state index is 0. The molecule has 0 radical (unpaired) electrons. The van der Waals surface area contributed by atoms with Gasteiger partial charge < -0.3 is 59.4 Å². The molecule has 0 bridgehead atoms. The fraction of sp³-hybridized carbons (Fsp3) is 0.500. The summed E-state index contributed by atoms with van der Waals surface area (Å²) in [5, 5.41) is 53.3. The summed E-state index contributed by atoms with van der Waals surface area (Å²) in [4.78, 5) is 53.3. The van der Waals surface area contributed by atoms with Crippen LogP contribution in [-0.2, 0) is 28.8 Å². The van der Waals surface area contributed by atoms with Crippen LogP contribution in [-0.4, -0.2) is 149 Å². The Kier molecular flexibility index (Phi) is 105. The van der Waals surface area contributed by atoms with Gasteiger partial charge in [-0.1, -0.05) is 0 Å². The van der Waals surface area contributed by atoms with E-state index in [9.17, 15) is 0 Å². The van der Waals surface area contributed by atoms with Crippen LogP contribution in [0.4, 0.5) is 0 Å². The first-order valence-corrected chi connectivity index (χ1v) is 5.45. The Morgan fingerprint density at radius 2 is 0.333 bits per heavy atom. The Hall–Kier alpha value is 0.599. The molecular formula is C12H18Ca3O12. The number of hydrogen-bond acceptors (Lipinski definition) is 12. The van der Waals surface area contributed by atoms with Crippen molar-refractivity contribution in [3.63, 3.8) is 0 Å². The van der Waals surface area contributed by atoms with Gasteiger partial charge in [0.15, 0.2) is 0 Å². The molecule has 0 aliphatic heterocycles. The molecule has 0 heterocycles. The van der Waals surface area contributed by atoms with E-state index in [1.807, 2.05) is 0 Å². The van der Waals surface area contributed by atoms with Gasteiger partial charge in [-0.25, -0.2) is 0 Å². The Labute approximate surface area is 246 Å². The van der Waals surface area contributed by atoms with Crippen molar-refractivity contribution in [3.05, 3.63) is 0 Å². The summed E-state index contributed by atoms with van der Waals surface area (Å²) in [5.74, 6) is -6.50. The molecule has 27 heavy (non-hydrogen) atoms. The van der Waals surface area contributed by atoms with Crippen LogP contribution in [0.15, 0.2) is 0 Å². The van der Waals surface area contributed by atoms with Gasteiger partial charge in [-0.3, -0.25) is 0 Å². The van der Waals surface area contributed by atoms with Gasteiger partial charge in [0.05, 0.1) is 0 Å². The molecule has 144 valence electrons. The molecule has 0 rings (SSSR count). The van der Waals surface area contributed by atoms with E-state index in [1.165, 1.54) is 0 Å². The van der Waals surface area contributed by atoms with Gasteiger partial charge in [-0.2, -0.15) is 0 Å². The average Bonchev–Trinajstić information content (AvgIpc) is 2.08. The molecule has 0 amide bonds. The largest absolute Gasteiger partial charge is 2.00 e. The molecule has 0 unspecified atom stereocenters. The van der Waals surface area contributed by atoms with E-state index in [1.54, 1.807) is 0 Å². The van der Waals surface area contributed by atoms with Crippen molar-refractivity contribution in [1.29, 1.82) is 0 Å². The smallest absolute Gasteiger partial charge is 0.550 e. The zero-order valence-corrected chi connectivity index (χ0v) is 22.6. The Morgan fingerprint density at radius 3 is 0.333 bits per heavy atom. The number of aliphatic carboxylic acids is 6. The maximum atomic E-state index is 8.89. The summed E-state index contributed by atoms with van der Waals surface area (Å²) in [6.07, 6.45) is 0. The topological polar surface area (TPSA) is 241 Å². The monoisotopic (exact) mass is 474 g/mol.